The van der Waals surface area contributed by atoms with Crippen LogP contribution < -0.4 is 10.6 Å². The van der Waals surface area contributed by atoms with Crippen LogP contribution in [0.15, 0.2) is 51.8 Å². The molecule has 7 nitrogen and oxygen atoms in total. The summed E-state index contributed by atoms with van der Waals surface area (Å²) in [6, 6.07) is 11.1. The highest BCUT2D eigenvalue weighted by Crippen LogP contribution is 2.26. The molecule has 0 aliphatic rings. The first-order valence-corrected chi connectivity index (χ1v) is 11.2. The lowest BCUT2D eigenvalue weighted by atomic mass is 10.1. The summed E-state index contributed by atoms with van der Waals surface area (Å²) in [5.74, 6) is -0.244. The number of hydrogen-bond donors (Lipinski definition) is 2. The molecule has 9 heteroatoms. The van der Waals surface area contributed by atoms with Crippen LogP contribution in [-0.2, 0) is 14.8 Å². The molecule has 156 valence electrons. The van der Waals surface area contributed by atoms with Crippen LogP contribution in [0.25, 0.3) is 0 Å². The van der Waals surface area contributed by atoms with Crippen LogP contribution in [0, 0.1) is 5.92 Å². The minimum absolute atomic E-state index is 0.0124. The molecule has 2 aromatic carbocycles. The van der Waals surface area contributed by atoms with Crippen molar-refractivity contribution in [3.63, 3.8) is 0 Å². The Morgan fingerprint density at radius 3 is 2.07 bits per heavy atom. The maximum Gasteiger partial charge on any atom is 0.255 e. The minimum atomic E-state index is -3.70. The van der Waals surface area contributed by atoms with Gasteiger partial charge in [0.25, 0.3) is 5.91 Å². The highest BCUT2D eigenvalue weighted by molar-refractivity contribution is 9.10. The molecule has 0 aliphatic heterocycles. The number of amides is 2. The highest BCUT2D eigenvalue weighted by atomic mass is 79.9. The predicted octanol–water partition coefficient (Wildman–Crippen LogP) is 3.94. The first-order valence-electron chi connectivity index (χ1n) is 8.94. The molecule has 0 heterocycles. The fourth-order valence-electron chi connectivity index (χ4n) is 2.46. The quantitative estimate of drug-likeness (QED) is 0.625. The number of nitrogens with one attached hydrogen (secondary N) is 2. The largest absolute Gasteiger partial charge is 0.326 e. The van der Waals surface area contributed by atoms with Gasteiger partial charge in [-0.25, -0.2) is 12.7 Å². The summed E-state index contributed by atoms with van der Waals surface area (Å²) in [6.07, 6.45) is 0.431. The minimum Gasteiger partial charge on any atom is -0.326 e. The molecule has 2 N–H and O–H groups in total. The molecule has 0 bridgehead atoms. The number of carbonyl (C=O) groups excluding carboxylic acids is 2. The van der Waals surface area contributed by atoms with Crippen molar-refractivity contribution in [3.05, 3.63) is 52.5 Å². The van der Waals surface area contributed by atoms with Gasteiger partial charge in [-0.3, -0.25) is 9.59 Å². The molecule has 0 unspecified atom stereocenters. The number of anilines is 2. The second-order valence-electron chi connectivity index (χ2n) is 7.11. The van der Waals surface area contributed by atoms with Gasteiger partial charge in [-0.15, -0.1) is 0 Å². The van der Waals surface area contributed by atoms with Gasteiger partial charge in [0, 0.05) is 41.9 Å². The van der Waals surface area contributed by atoms with E-state index in [1.54, 1.807) is 24.3 Å². The smallest absolute Gasteiger partial charge is 0.255 e. The molecule has 29 heavy (non-hydrogen) atoms. The molecule has 0 fully saturated rings. The molecule has 0 saturated carbocycles. The maximum atomic E-state index is 12.6. The lowest BCUT2D eigenvalue weighted by Gasteiger charge is -2.14. The summed E-state index contributed by atoms with van der Waals surface area (Å²) >= 11 is 3.22. The van der Waals surface area contributed by atoms with Crippen LogP contribution in [-0.4, -0.2) is 38.6 Å². The van der Waals surface area contributed by atoms with Crippen LogP contribution in [0.4, 0.5) is 11.4 Å². The van der Waals surface area contributed by atoms with Gasteiger partial charge in [-0.05, 0) is 64.3 Å². The summed E-state index contributed by atoms with van der Waals surface area (Å²) in [4.78, 5) is 24.4. The average molecular weight is 482 g/mol. The zero-order chi connectivity index (χ0) is 21.8. The van der Waals surface area contributed by atoms with Gasteiger partial charge < -0.3 is 10.6 Å². The number of sulfonamides is 1. The Kier molecular flexibility index (Phi) is 7.56. The van der Waals surface area contributed by atoms with E-state index >= 15 is 0 Å². The van der Waals surface area contributed by atoms with E-state index in [0.29, 0.717) is 22.3 Å². The van der Waals surface area contributed by atoms with Gasteiger partial charge in [0.2, 0.25) is 15.9 Å². The number of carbonyl (C=O) groups is 2. The van der Waals surface area contributed by atoms with Crippen molar-refractivity contribution in [2.24, 2.45) is 5.92 Å². The van der Waals surface area contributed by atoms with E-state index in [-0.39, 0.29) is 22.3 Å². The van der Waals surface area contributed by atoms with E-state index in [2.05, 4.69) is 26.6 Å². The first-order chi connectivity index (χ1) is 13.5. The molecule has 0 atom stereocenters. The second kappa shape index (κ2) is 9.51. The van der Waals surface area contributed by atoms with Crippen molar-refractivity contribution in [2.75, 3.05) is 24.7 Å². The molecule has 2 rings (SSSR count). The molecule has 2 aromatic rings. The van der Waals surface area contributed by atoms with E-state index in [1.165, 1.54) is 32.3 Å². The molecular formula is C20H24BrN3O4S. The zero-order valence-corrected chi connectivity index (χ0v) is 19.1. The Balaban J connectivity index is 2.14. The fourth-order valence-corrected chi connectivity index (χ4v) is 4.31. The third-order valence-corrected chi connectivity index (χ3v) is 6.78. The Morgan fingerprint density at radius 2 is 1.55 bits per heavy atom. The summed E-state index contributed by atoms with van der Waals surface area (Å²) in [7, 11) is -0.843. The third kappa shape index (κ3) is 6.12. The Labute approximate surface area is 179 Å². The topological polar surface area (TPSA) is 95.6 Å². The fraction of sp³-hybridized carbons (Fsp3) is 0.300. The predicted molar refractivity (Wildman–Crippen MR) is 117 cm³/mol. The van der Waals surface area contributed by atoms with Crippen molar-refractivity contribution in [3.8, 4) is 0 Å². The Morgan fingerprint density at radius 1 is 1.00 bits per heavy atom. The number of nitrogens with zero attached hydrogens (tertiary/aromatic N) is 1. The van der Waals surface area contributed by atoms with E-state index in [4.69, 9.17) is 0 Å². The summed E-state index contributed by atoms with van der Waals surface area (Å²) in [5.41, 5.74) is 1.37. The summed E-state index contributed by atoms with van der Waals surface area (Å²) < 4.78 is 26.3. The van der Waals surface area contributed by atoms with Crippen molar-refractivity contribution >= 4 is 49.1 Å². The van der Waals surface area contributed by atoms with Crippen molar-refractivity contribution in [1.29, 1.82) is 0 Å². The number of halogens is 1. The van der Waals surface area contributed by atoms with Gasteiger partial charge in [0.15, 0.2) is 0 Å². The standard InChI is InChI=1S/C20H24BrN3O4S/c1-13(2)11-19(25)22-15-6-8-16(9-7-15)23-20(26)14-5-10-17(21)18(12-14)29(27,28)24(3)4/h5-10,12-13H,11H2,1-4H3,(H,22,25)(H,23,26). The Bertz CT molecular complexity index is 1000. The van der Waals surface area contributed by atoms with Crippen molar-refractivity contribution in [1.82, 2.24) is 4.31 Å². The monoisotopic (exact) mass is 481 g/mol. The van der Waals surface area contributed by atoms with Crippen LogP contribution in [0.2, 0.25) is 0 Å². The molecule has 0 aliphatic carbocycles. The van der Waals surface area contributed by atoms with Crippen LogP contribution in [0.1, 0.15) is 30.6 Å². The lowest BCUT2D eigenvalue weighted by Crippen LogP contribution is -2.23. The van der Waals surface area contributed by atoms with Crippen LogP contribution >= 0.6 is 15.9 Å². The van der Waals surface area contributed by atoms with Crippen LogP contribution in [0.5, 0.6) is 0 Å². The summed E-state index contributed by atoms with van der Waals surface area (Å²) in [5, 5.41) is 5.52. The SMILES string of the molecule is CC(C)CC(=O)Nc1ccc(NC(=O)c2ccc(Br)c(S(=O)(=O)N(C)C)c2)cc1. The second-order valence-corrected chi connectivity index (χ2v) is 10.1. The normalized spacial score (nSPS) is 11.6. The third-order valence-electron chi connectivity index (χ3n) is 3.97. The molecule has 0 radical (unpaired) electrons. The number of benzene rings is 2. The van der Waals surface area contributed by atoms with Gasteiger partial charge >= 0.3 is 0 Å². The van der Waals surface area contributed by atoms with E-state index in [0.717, 1.165) is 4.31 Å². The molecule has 0 aromatic heterocycles. The first kappa shape index (κ1) is 23.1. The van der Waals surface area contributed by atoms with Gasteiger partial charge in [-0.2, -0.15) is 0 Å². The number of hydrogen-bond acceptors (Lipinski definition) is 4. The maximum absolute atomic E-state index is 12.6. The van der Waals surface area contributed by atoms with Crippen molar-refractivity contribution in [2.45, 2.75) is 25.2 Å². The highest BCUT2D eigenvalue weighted by Gasteiger charge is 2.22. The zero-order valence-electron chi connectivity index (χ0n) is 16.7. The average Bonchev–Trinajstić information content (AvgIpc) is 2.62. The van der Waals surface area contributed by atoms with E-state index < -0.39 is 15.9 Å². The molecule has 2 amide bonds. The molecule has 0 spiro atoms. The van der Waals surface area contributed by atoms with E-state index in [9.17, 15) is 18.0 Å². The Hall–Kier alpha value is -2.23. The van der Waals surface area contributed by atoms with Crippen LogP contribution in [0.3, 0.4) is 0 Å². The van der Waals surface area contributed by atoms with Gasteiger partial charge in [0.1, 0.15) is 0 Å². The van der Waals surface area contributed by atoms with Crippen molar-refractivity contribution < 1.29 is 18.0 Å². The lowest BCUT2D eigenvalue weighted by molar-refractivity contribution is -0.116. The summed E-state index contributed by atoms with van der Waals surface area (Å²) in [6.45, 7) is 3.94. The van der Waals surface area contributed by atoms with E-state index in [1.807, 2.05) is 13.8 Å². The van der Waals surface area contributed by atoms with Gasteiger partial charge in [-0.1, -0.05) is 13.8 Å². The molecule has 0 saturated heterocycles. The molecular weight excluding hydrogens is 458 g/mol. The van der Waals surface area contributed by atoms with Gasteiger partial charge in [0.05, 0.1) is 4.90 Å². The number of rotatable bonds is 7.